The van der Waals surface area contributed by atoms with Crippen molar-refractivity contribution in [1.82, 2.24) is 25.1 Å². The zero-order valence-electron chi connectivity index (χ0n) is 13.4. The van der Waals surface area contributed by atoms with Crippen molar-refractivity contribution in [2.75, 3.05) is 13.1 Å². The maximum atomic E-state index is 4.32. The van der Waals surface area contributed by atoms with Crippen molar-refractivity contribution in [3.8, 4) is 5.69 Å². The first-order valence-electron chi connectivity index (χ1n) is 8.27. The summed E-state index contributed by atoms with van der Waals surface area (Å²) < 4.78 is 1.80. The molecule has 0 N–H and O–H groups in total. The number of rotatable bonds is 4. The van der Waals surface area contributed by atoms with Gasteiger partial charge in [-0.2, -0.15) is 4.68 Å². The van der Waals surface area contributed by atoms with E-state index in [0.29, 0.717) is 0 Å². The molecule has 1 aromatic heterocycles. The predicted molar refractivity (Wildman–Crippen MR) is 93.5 cm³/mol. The largest absolute Gasteiger partial charge is 0.377 e. The molecule has 1 fully saturated rings. The highest BCUT2D eigenvalue weighted by atomic mass is 15.5. The van der Waals surface area contributed by atoms with Crippen molar-refractivity contribution in [1.29, 1.82) is 0 Å². The number of likely N-dealkylation sites (tertiary alicyclic amines) is 1. The van der Waals surface area contributed by atoms with Crippen molar-refractivity contribution in [2.45, 2.75) is 12.8 Å². The smallest absolute Gasteiger partial charge is 0.189 e. The highest BCUT2D eigenvalue weighted by Gasteiger charge is 2.17. The fraction of sp³-hybridized carbons (Fsp3) is 0.211. The van der Waals surface area contributed by atoms with Crippen LogP contribution in [0.5, 0.6) is 0 Å². The van der Waals surface area contributed by atoms with Crippen LogP contribution in [0.2, 0.25) is 0 Å². The van der Waals surface area contributed by atoms with Gasteiger partial charge in [0.05, 0.1) is 5.69 Å². The van der Waals surface area contributed by atoms with Crippen LogP contribution >= 0.6 is 0 Å². The minimum absolute atomic E-state index is 0.763. The fourth-order valence-corrected chi connectivity index (χ4v) is 3.03. The molecule has 0 aliphatic carbocycles. The van der Waals surface area contributed by atoms with Gasteiger partial charge in [-0.05, 0) is 41.0 Å². The van der Waals surface area contributed by atoms with E-state index in [-0.39, 0.29) is 0 Å². The van der Waals surface area contributed by atoms with Crippen LogP contribution in [0, 0.1) is 0 Å². The van der Waals surface area contributed by atoms with Gasteiger partial charge in [0.25, 0.3) is 0 Å². The quantitative estimate of drug-likeness (QED) is 0.741. The second kappa shape index (κ2) is 6.66. The molecule has 0 bridgehead atoms. The third kappa shape index (κ3) is 2.93. The highest BCUT2D eigenvalue weighted by molar-refractivity contribution is 5.76. The Balaban J connectivity index is 1.82. The molecular weight excluding hydrogens is 298 g/mol. The van der Waals surface area contributed by atoms with Crippen LogP contribution < -0.4 is 0 Å². The Morgan fingerprint density at radius 2 is 1.54 bits per heavy atom. The monoisotopic (exact) mass is 317 g/mol. The van der Waals surface area contributed by atoms with E-state index in [2.05, 4.69) is 38.8 Å². The molecule has 1 aliphatic rings. The number of hydrogen-bond acceptors (Lipinski definition) is 4. The maximum absolute atomic E-state index is 4.32. The molecule has 4 rings (SSSR count). The van der Waals surface area contributed by atoms with Crippen molar-refractivity contribution in [2.24, 2.45) is 0 Å². The van der Waals surface area contributed by atoms with Crippen molar-refractivity contribution in [3.63, 3.8) is 0 Å². The second-order valence-corrected chi connectivity index (χ2v) is 5.90. The van der Waals surface area contributed by atoms with Gasteiger partial charge in [-0.15, -0.1) is 5.10 Å². The Bertz CT molecular complexity index is 817. The van der Waals surface area contributed by atoms with Gasteiger partial charge >= 0.3 is 0 Å². The number of nitrogens with zero attached hydrogens (tertiary/aromatic N) is 5. The molecule has 5 heteroatoms. The SMILES string of the molecule is C(=C(/c1ccccc1)c1nnnn1-c1ccccc1)/N1CCCC1. The van der Waals surface area contributed by atoms with Crippen LogP contribution in [0.1, 0.15) is 24.2 Å². The van der Waals surface area contributed by atoms with Gasteiger partial charge in [-0.1, -0.05) is 48.5 Å². The normalized spacial score (nSPS) is 15.0. The maximum Gasteiger partial charge on any atom is 0.189 e. The zero-order valence-corrected chi connectivity index (χ0v) is 13.4. The average molecular weight is 317 g/mol. The first-order chi connectivity index (χ1) is 11.9. The summed E-state index contributed by atoms with van der Waals surface area (Å²) >= 11 is 0. The van der Waals surface area contributed by atoms with E-state index in [0.717, 1.165) is 35.7 Å². The van der Waals surface area contributed by atoms with Crippen molar-refractivity contribution in [3.05, 3.63) is 78.3 Å². The fourth-order valence-electron chi connectivity index (χ4n) is 3.03. The predicted octanol–water partition coefficient (Wildman–Crippen LogP) is 3.15. The lowest BCUT2D eigenvalue weighted by atomic mass is 10.1. The molecular formula is C19H19N5. The molecule has 0 spiro atoms. The number of benzene rings is 2. The molecule has 24 heavy (non-hydrogen) atoms. The van der Waals surface area contributed by atoms with Gasteiger partial charge in [0.15, 0.2) is 5.82 Å². The first kappa shape index (κ1) is 14.6. The zero-order chi connectivity index (χ0) is 16.2. The summed E-state index contributed by atoms with van der Waals surface area (Å²) in [5.74, 6) is 0.763. The third-order valence-electron chi connectivity index (χ3n) is 4.25. The van der Waals surface area contributed by atoms with Gasteiger partial charge < -0.3 is 4.90 Å². The standard InChI is InChI=1S/C19H19N5/c1-3-9-16(10-4-1)18(15-23-13-7-8-14-23)19-20-21-22-24(19)17-11-5-2-6-12-17/h1-6,9-12,15H,7-8,13-14H2/b18-15+. The van der Waals surface area contributed by atoms with Crippen LogP contribution in [0.3, 0.4) is 0 Å². The van der Waals surface area contributed by atoms with Crippen molar-refractivity contribution >= 4 is 5.57 Å². The van der Waals surface area contributed by atoms with Crippen LogP contribution in [0.15, 0.2) is 66.9 Å². The summed E-state index contributed by atoms with van der Waals surface area (Å²) in [5.41, 5.74) is 3.13. The third-order valence-corrected chi connectivity index (χ3v) is 4.25. The van der Waals surface area contributed by atoms with E-state index in [1.54, 1.807) is 4.68 Å². The Morgan fingerprint density at radius 1 is 0.875 bits per heavy atom. The molecule has 2 aromatic carbocycles. The van der Waals surface area contributed by atoms with Gasteiger partial charge in [0.2, 0.25) is 0 Å². The second-order valence-electron chi connectivity index (χ2n) is 5.90. The average Bonchev–Trinajstić information content (AvgIpc) is 3.33. The Morgan fingerprint density at radius 3 is 2.25 bits per heavy atom. The van der Waals surface area contributed by atoms with Crippen molar-refractivity contribution < 1.29 is 0 Å². The minimum atomic E-state index is 0.763. The summed E-state index contributed by atoms with van der Waals surface area (Å²) in [6, 6.07) is 20.3. The first-order valence-corrected chi connectivity index (χ1v) is 8.27. The molecule has 2 heterocycles. The van der Waals surface area contributed by atoms with E-state index in [4.69, 9.17) is 0 Å². The van der Waals surface area contributed by atoms with Crippen LogP contribution in [0.4, 0.5) is 0 Å². The van der Waals surface area contributed by atoms with Crippen LogP contribution in [-0.2, 0) is 0 Å². The highest BCUT2D eigenvalue weighted by Crippen LogP contribution is 2.25. The lowest BCUT2D eigenvalue weighted by molar-refractivity contribution is 0.469. The molecule has 120 valence electrons. The van der Waals surface area contributed by atoms with E-state index in [9.17, 15) is 0 Å². The number of hydrogen-bond donors (Lipinski definition) is 0. The Labute approximate surface area is 141 Å². The lowest BCUT2D eigenvalue weighted by Crippen LogP contribution is -2.13. The van der Waals surface area contributed by atoms with E-state index in [1.165, 1.54) is 12.8 Å². The summed E-state index contributed by atoms with van der Waals surface area (Å²) in [6.07, 6.45) is 4.68. The van der Waals surface area contributed by atoms with E-state index >= 15 is 0 Å². The molecule has 0 radical (unpaired) electrons. The molecule has 0 amide bonds. The number of tetrazole rings is 1. The summed E-state index contributed by atoms with van der Waals surface area (Å²) in [6.45, 7) is 2.17. The van der Waals surface area contributed by atoms with Crippen LogP contribution in [0.25, 0.3) is 11.3 Å². The van der Waals surface area contributed by atoms with Gasteiger partial charge in [-0.3, -0.25) is 0 Å². The molecule has 0 unspecified atom stereocenters. The van der Waals surface area contributed by atoms with E-state index in [1.807, 2.05) is 48.5 Å². The number of aromatic nitrogens is 4. The summed E-state index contributed by atoms with van der Waals surface area (Å²) in [5, 5.41) is 12.4. The molecule has 3 aromatic rings. The van der Waals surface area contributed by atoms with Gasteiger partial charge in [-0.25, -0.2) is 0 Å². The number of para-hydroxylation sites is 1. The summed E-state index contributed by atoms with van der Waals surface area (Å²) in [4.78, 5) is 2.35. The van der Waals surface area contributed by atoms with Gasteiger partial charge in [0.1, 0.15) is 0 Å². The topological polar surface area (TPSA) is 46.8 Å². The molecule has 1 saturated heterocycles. The van der Waals surface area contributed by atoms with Crippen LogP contribution in [-0.4, -0.2) is 38.2 Å². The lowest BCUT2D eigenvalue weighted by Gasteiger charge is -2.15. The molecule has 1 aliphatic heterocycles. The van der Waals surface area contributed by atoms with E-state index < -0.39 is 0 Å². The Kier molecular flexibility index (Phi) is 4.06. The molecule has 5 nitrogen and oxygen atoms in total. The summed E-state index contributed by atoms with van der Waals surface area (Å²) in [7, 11) is 0. The molecule has 0 atom stereocenters. The Hall–Kier alpha value is -2.95. The molecule has 0 saturated carbocycles. The van der Waals surface area contributed by atoms with Gasteiger partial charge in [0, 0.05) is 24.9 Å². The minimum Gasteiger partial charge on any atom is -0.377 e.